The fourth-order valence-corrected chi connectivity index (χ4v) is 4.29. The molecule has 3 aromatic carbocycles. The van der Waals surface area contributed by atoms with E-state index >= 15 is 0 Å². The van der Waals surface area contributed by atoms with E-state index in [2.05, 4.69) is 21.4 Å². The number of hydrogen-bond donors (Lipinski definition) is 2. The Morgan fingerprint density at radius 1 is 1.09 bits per heavy atom. The van der Waals surface area contributed by atoms with Crippen LogP contribution in [0, 0.1) is 11.3 Å². The number of rotatable bonds is 3. The van der Waals surface area contributed by atoms with E-state index in [1.165, 1.54) is 0 Å². The standard InChI is InChI=1S/C24H17ClN6O/c1-31-23(16-6-3-13-2-5-15(25)9-18(13)20(16)10-26)21(12-28-31)14-4-7-17-19(8-14)22(11-27)29-30-24(17)32/h2-9,12H,11,27H2,1H3,(H,30,32). The molecule has 0 spiro atoms. The van der Waals surface area contributed by atoms with Gasteiger partial charge in [0.1, 0.15) is 6.07 Å². The van der Waals surface area contributed by atoms with Gasteiger partial charge < -0.3 is 5.73 Å². The van der Waals surface area contributed by atoms with Gasteiger partial charge in [-0.15, -0.1) is 0 Å². The average Bonchev–Trinajstić information content (AvgIpc) is 3.19. The largest absolute Gasteiger partial charge is 0.325 e. The number of nitriles is 1. The molecule has 0 bridgehead atoms. The third-order valence-corrected chi connectivity index (χ3v) is 5.90. The molecule has 0 fully saturated rings. The predicted octanol–water partition coefficient (Wildman–Crippen LogP) is 4.13. The first-order valence-electron chi connectivity index (χ1n) is 9.88. The monoisotopic (exact) mass is 440 g/mol. The first-order valence-corrected chi connectivity index (χ1v) is 10.3. The Kier molecular flexibility index (Phi) is 4.74. The van der Waals surface area contributed by atoms with Gasteiger partial charge in [-0.25, -0.2) is 5.10 Å². The maximum absolute atomic E-state index is 12.2. The quantitative estimate of drug-likeness (QED) is 0.438. The van der Waals surface area contributed by atoms with E-state index in [4.69, 9.17) is 17.3 Å². The molecule has 0 aliphatic carbocycles. The summed E-state index contributed by atoms with van der Waals surface area (Å²) in [6, 6.07) is 17.3. The summed E-state index contributed by atoms with van der Waals surface area (Å²) in [7, 11) is 1.83. The summed E-state index contributed by atoms with van der Waals surface area (Å²) in [5.41, 5.74) is 9.90. The highest BCUT2D eigenvalue weighted by molar-refractivity contribution is 6.31. The Hall–Kier alpha value is -3.99. The lowest BCUT2D eigenvalue weighted by atomic mass is 9.93. The predicted molar refractivity (Wildman–Crippen MR) is 125 cm³/mol. The lowest BCUT2D eigenvalue weighted by Gasteiger charge is -2.12. The first-order chi connectivity index (χ1) is 15.5. The second-order valence-electron chi connectivity index (χ2n) is 7.46. The van der Waals surface area contributed by atoms with Gasteiger partial charge in [-0.1, -0.05) is 35.9 Å². The van der Waals surface area contributed by atoms with Crippen molar-refractivity contribution in [2.24, 2.45) is 12.8 Å². The van der Waals surface area contributed by atoms with Crippen molar-refractivity contribution >= 4 is 33.1 Å². The summed E-state index contributed by atoms with van der Waals surface area (Å²) >= 11 is 6.21. The first kappa shape index (κ1) is 19.9. The van der Waals surface area contributed by atoms with Crippen molar-refractivity contribution in [3.05, 3.63) is 81.4 Å². The molecule has 3 N–H and O–H groups in total. The fourth-order valence-electron chi connectivity index (χ4n) is 4.12. The summed E-state index contributed by atoms with van der Waals surface area (Å²) < 4.78 is 1.74. The van der Waals surface area contributed by atoms with Crippen LogP contribution in [0.5, 0.6) is 0 Å². The van der Waals surface area contributed by atoms with Gasteiger partial charge in [-0.2, -0.15) is 15.5 Å². The van der Waals surface area contributed by atoms with E-state index in [9.17, 15) is 10.1 Å². The van der Waals surface area contributed by atoms with Crippen molar-refractivity contribution in [1.29, 1.82) is 5.26 Å². The van der Waals surface area contributed by atoms with Gasteiger partial charge >= 0.3 is 0 Å². The summed E-state index contributed by atoms with van der Waals surface area (Å²) in [6.45, 7) is 0.195. The molecule has 2 aromatic heterocycles. The SMILES string of the molecule is Cn1ncc(-c2ccc3c(=O)[nH]nc(CN)c3c2)c1-c1ccc2ccc(Cl)cc2c1C#N. The Balaban J connectivity index is 1.79. The second-order valence-corrected chi connectivity index (χ2v) is 7.90. The number of benzene rings is 3. The van der Waals surface area contributed by atoms with Gasteiger partial charge in [-0.05, 0) is 35.2 Å². The van der Waals surface area contributed by atoms with E-state index in [1.54, 1.807) is 29.1 Å². The lowest BCUT2D eigenvalue weighted by Crippen LogP contribution is -2.13. The molecule has 0 saturated carbocycles. The number of nitrogens with zero attached hydrogens (tertiary/aromatic N) is 4. The Morgan fingerprint density at radius 3 is 2.69 bits per heavy atom. The summed E-state index contributed by atoms with van der Waals surface area (Å²) in [6.07, 6.45) is 1.75. The molecule has 0 aliphatic rings. The van der Waals surface area contributed by atoms with Crippen molar-refractivity contribution in [3.63, 3.8) is 0 Å². The van der Waals surface area contributed by atoms with E-state index in [0.29, 0.717) is 27.1 Å². The molecule has 0 unspecified atom stereocenters. The number of aromatic amines is 1. The molecule has 5 rings (SSSR count). The van der Waals surface area contributed by atoms with Crippen LogP contribution in [0.15, 0.2) is 59.5 Å². The number of hydrogen-bond acceptors (Lipinski definition) is 5. The zero-order valence-electron chi connectivity index (χ0n) is 17.1. The van der Waals surface area contributed by atoms with Crippen LogP contribution in [-0.2, 0) is 13.6 Å². The highest BCUT2D eigenvalue weighted by atomic mass is 35.5. The van der Waals surface area contributed by atoms with Gasteiger partial charge in [0.25, 0.3) is 5.56 Å². The van der Waals surface area contributed by atoms with Crippen LogP contribution in [0.3, 0.4) is 0 Å². The lowest BCUT2D eigenvalue weighted by molar-refractivity contribution is 0.776. The Morgan fingerprint density at radius 2 is 1.91 bits per heavy atom. The molecular formula is C24H17ClN6O. The molecule has 0 amide bonds. The number of aryl methyl sites for hydroxylation is 1. The van der Waals surface area contributed by atoms with Crippen LogP contribution in [0.4, 0.5) is 0 Å². The summed E-state index contributed by atoms with van der Waals surface area (Å²) in [4.78, 5) is 12.2. The minimum absolute atomic E-state index is 0.195. The molecule has 7 nitrogen and oxygen atoms in total. The molecule has 5 aromatic rings. The molecule has 156 valence electrons. The van der Waals surface area contributed by atoms with Crippen molar-refractivity contribution in [2.75, 3.05) is 0 Å². The normalized spacial score (nSPS) is 11.2. The Bertz CT molecular complexity index is 1630. The van der Waals surface area contributed by atoms with Crippen molar-refractivity contribution in [3.8, 4) is 28.5 Å². The second kappa shape index (κ2) is 7.61. The molecule has 32 heavy (non-hydrogen) atoms. The van der Waals surface area contributed by atoms with Gasteiger partial charge in [0.15, 0.2) is 0 Å². The van der Waals surface area contributed by atoms with Gasteiger partial charge in [0, 0.05) is 40.5 Å². The third-order valence-electron chi connectivity index (χ3n) is 5.66. The van der Waals surface area contributed by atoms with Crippen molar-refractivity contribution < 1.29 is 0 Å². The molecule has 8 heteroatoms. The minimum Gasteiger partial charge on any atom is -0.325 e. The third kappa shape index (κ3) is 3.05. The minimum atomic E-state index is -0.270. The van der Waals surface area contributed by atoms with E-state index in [-0.39, 0.29) is 12.1 Å². The van der Waals surface area contributed by atoms with Crippen LogP contribution in [-0.4, -0.2) is 20.0 Å². The van der Waals surface area contributed by atoms with E-state index in [1.807, 2.05) is 37.4 Å². The fraction of sp³-hybridized carbons (Fsp3) is 0.0833. The summed E-state index contributed by atoms with van der Waals surface area (Å²) in [5.74, 6) is 0. The Labute approximate surface area is 187 Å². The highest BCUT2D eigenvalue weighted by Crippen LogP contribution is 2.37. The number of H-pyrrole nitrogens is 1. The van der Waals surface area contributed by atoms with E-state index < -0.39 is 0 Å². The molecule has 0 saturated heterocycles. The van der Waals surface area contributed by atoms with Crippen LogP contribution in [0.2, 0.25) is 5.02 Å². The van der Waals surface area contributed by atoms with Gasteiger partial charge in [0.2, 0.25) is 0 Å². The molecule has 2 heterocycles. The van der Waals surface area contributed by atoms with Crippen molar-refractivity contribution in [2.45, 2.75) is 6.54 Å². The number of nitrogens with two attached hydrogens (primary N) is 1. The number of halogens is 1. The van der Waals surface area contributed by atoms with Gasteiger partial charge in [0.05, 0.1) is 28.5 Å². The molecule has 0 radical (unpaired) electrons. The van der Waals surface area contributed by atoms with Crippen LogP contribution in [0.25, 0.3) is 43.9 Å². The van der Waals surface area contributed by atoms with Crippen LogP contribution < -0.4 is 11.3 Å². The zero-order valence-corrected chi connectivity index (χ0v) is 17.8. The van der Waals surface area contributed by atoms with Crippen molar-refractivity contribution in [1.82, 2.24) is 20.0 Å². The number of aromatic nitrogens is 4. The average molecular weight is 441 g/mol. The number of nitrogens with one attached hydrogen (secondary N) is 1. The topological polar surface area (TPSA) is 113 Å². The molecular weight excluding hydrogens is 424 g/mol. The molecule has 0 aliphatic heterocycles. The zero-order chi connectivity index (χ0) is 22.4. The molecule has 0 atom stereocenters. The smallest absolute Gasteiger partial charge is 0.272 e. The van der Waals surface area contributed by atoms with Crippen LogP contribution in [0.1, 0.15) is 11.3 Å². The summed E-state index contributed by atoms with van der Waals surface area (Å²) in [5, 5.41) is 24.5. The van der Waals surface area contributed by atoms with Crippen LogP contribution >= 0.6 is 11.6 Å². The number of fused-ring (bicyclic) bond motifs is 2. The maximum Gasteiger partial charge on any atom is 0.272 e. The van der Waals surface area contributed by atoms with E-state index in [0.717, 1.165) is 33.2 Å². The highest BCUT2D eigenvalue weighted by Gasteiger charge is 2.19. The maximum atomic E-state index is 12.2. The van der Waals surface area contributed by atoms with Gasteiger partial charge in [-0.3, -0.25) is 9.48 Å².